The van der Waals surface area contributed by atoms with E-state index in [-0.39, 0.29) is 5.78 Å². The van der Waals surface area contributed by atoms with E-state index in [0.29, 0.717) is 11.4 Å². The minimum atomic E-state index is 0.168. The highest BCUT2D eigenvalue weighted by atomic mass is 32.1. The van der Waals surface area contributed by atoms with Gasteiger partial charge >= 0.3 is 0 Å². The second-order valence-electron chi connectivity index (χ2n) is 5.61. The van der Waals surface area contributed by atoms with Gasteiger partial charge in [0.05, 0.1) is 0 Å². The van der Waals surface area contributed by atoms with E-state index in [1.54, 1.807) is 6.20 Å². The minimum Gasteiger partial charge on any atom is -0.300 e. The average molecular weight is 315 g/mol. The summed E-state index contributed by atoms with van der Waals surface area (Å²) >= 11 is 1.43. The van der Waals surface area contributed by atoms with E-state index >= 15 is 0 Å². The monoisotopic (exact) mass is 315 g/mol. The van der Waals surface area contributed by atoms with Gasteiger partial charge in [0.25, 0.3) is 0 Å². The van der Waals surface area contributed by atoms with Gasteiger partial charge in [-0.25, -0.2) is 4.98 Å². The van der Waals surface area contributed by atoms with E-state index in [4.69, 9.17) is 0 Å². The predicted molar refractivity (Wildman–Crippen MR) is 89.2 cm³/mol. The van der Waals surface area contributed by atoms with E-state index < -0.39 is 0 Å². The number of Topliss-reactive ketones (excluding diaryl/α,β-unsaturated/α-hetero) is 1. The van der Waals surface area contributed by atoms with Crippen molar-refractivity contribution in [3.8, 4) is 0 Å². The molecule has 5 heteroatoms. The molecule has 1 saturated heterocycles. The Kier molecular flexibility index (Phi) is 5.32. The molecule has 2 aromatic rings. The van der Waals surface area contributed by atoms with Crippen LogP contribution < -0.4 is 0 Å². The molecule has 1 aromatic carbocycles. The number of carbonyl (C=O) groups excluding carboxylic acids is 1. The molecule has 0 N–H and O–H groups in total. The fourth-order valence-electron chi connectivity index (χ4n) is 2.74. The van der Waals surface area contributed by atoms with Crippen LogP contribution in [-0.2, 0) is 6.54 Å². The topological polar surface area (TPSA) is 36.4 Å². The van der Waals surface area contributed by atoms with Crippen molar-refractivity contribution in [3.63, 3.8) is 0 Å². The average Bonchev–Trinajstić information content (AvgIpc) is 3.09. The number of ketones is 1. The molecule has 0 aliphatic carbocycles. The van der Waals surface area contributed by atoms with Crippen LogP contribution in [0.5, 0.6) is 0 Å². The number of thiazole rings is 1. The number of aromatic nitrogens is 1. The zero-order valence-electron chi connectivity index (χ0n) is 12.6. The molecule has 4 nitrogen and oxygen atoms in total. The molecule has 0 amide bonds. The molecule has 116 valence electrons. The Balaban J connectivity index is 1.39. The highest BCUT2D eigenvalue weighted by Crippen LogP contribution is 2.11. The Hall–Kier alpha value is -1.56. The summed E-state index contributed by atoms with van der Waals surface area (Å²) in [6, 6.07) is 10.6. The maximum atomic E-state index is 12.0. The maximum absolute atomic E-state index is 12.0. The lowest BCUT2D eigenvalue weighted by molar-refractivity contribution is 0.0922. The molecular formula is C17H21N3OS. The Bertz CT molecular complexity index is 577. The molecule has 0 atom stereocenters. The van der Waals surface area contributed by atoms with Gasteiger partial charge in [0.15, 0.2) is 10.8 Å². The first-order valence-electron chi connectivity index (χ1n) is 7.72. The first-order valence-corrected chi connectivity index (χ1v) is 8.60. The van der Waals surface area contributed by atoms with Gasteiger partial charge in [-0.3, -0.25) is 9.69 Å². The number of carbonyl (C=O) groups is 1. The van der Waals surface area contributed by atoms with Crippen molar-refractivity contribution >= 4 is 17.1 Å². The lowest BCUT2D eigenvalue weighted by Crippen LogP contribution is -2.46. The smallest absolute Gasteiger partial charge is 0.192 e. The normalized spacial score (nSPS) is 16.7. The van der Waals surface area contributed by atoms with Crippen molar-refractivity contribution in [2.75, 3.05) is 32.7 Å². The summed E-state index contributed by atoms with van der Waals surface area (Å²) in [5.74, 6) is 0.168. The fraction of sp³-hybridized carbons (Fsp3) is 0.412. The summed E-state index contributed by atoms with van der Waals surface area (Å²) in [5.41, 5.74) is 1.37. The molecule has 1 aliphatic heterocycles. The lowest BCUT2D eigenvalue weighted by atomic mass is 10.2. The van der Waals surface area contributed by atoms with E-state index in [9.17, 15) is 4.79 Å². The number of benzene rings is 1. The van der Waals surface area contributed by atoms with Crippen LogP contribution in [0.15, 0.2) is 41.9 Å². The van der Waals surface area contributed by atoms with Crippen LogP contribution in [0, 0.1) is 0 Å². The Morgan fingerprint density at radius 3 is 2.50 bits per heavy atom. The standard InChI is InChI=1S/C17H21N3OS/c21-16(17-18-7-13-22-17)6-8-19-9-11-20(12-10-19)14-15-4-2-1-3-5-15/h1-5,7,13H,6,8-12,14H2. The van der Waals surface area contributed by atoms with Gasteiger partial charge in [0.1, 0.15) is 0 Å². The first kappa shape index (κ1) is 15.3. The highest BCUT2D eigenvalue weighted by Gasteiger charge is 2.18. The van der Waals surface area contributed by atoms with Gasteiger partial charge in [-0.15, -0.1) is 11.3 Å². The molecule has 3 rings (SSSR count). The zero-order valence-corrected chi connectivity index (χ0v) is 13.5. The van der Waals surface area contributed by atoms with Crippen LogP contribution in [0.4, 0.5) is 0 Å². The molecule has 2 heterocycles. The molecule has 0 unspecified atom stereocenters. The van der Waals surface area contributed by atoms with E-state index in [0.717, 1.165) is 39.3 Å². The van der Waals surface area contributed by atoms with Crippen LogP contribution >= 0.6 is 11.3 Å². The Labute approximate surface area is 135 Å². The maximum Gasteiger partial charge on any atom is 0.192 e. The quantitative estimate of drug-likeness (QED) is 0.768. The van der Waals surface area contributed by atoms with Gasteiger partial charge in [0, 0.05) is 57.3 Å². The van der Waals surface area contributed by atoms with E-state index in [2.05, 4.69) is 45.1 Å². The predicted octanol–water partition coefficient (Wildman–Crippen LogP) is 2.53. The second kappa shape index (κ2) is 7.63. The van der Waals surface area contributed by atoms with E-state index in [1.165, 1.54) is 16.9 Å². The summed E-state index contributed by atoms with van der Waals surface area (Å²) in [5, 5.41) is 2.50. The largest absolute Gasteiger partial charge is 0.300 e. The van der Waals surface area contributed by atoms with Crippen molar-refractivity contribution < 1.29 is 4.79 Å². The Morgan fingerprint density at radius 2 is 1.82 bits per heavy atom. The van der Waals surface area contributed by atoms with Crippen molar-refractivity contribution in [1.29, 1.82) is 0 Å². The lowest BCUT2D eigenvalue weighted by Gasteiger charge is -2.34. The zero-order chi connectivity index (χ0) is 15.2. The van der Waals surface area contributed by atoms with Gasteiger partial charge < -0.3 is 4.90 Å². The van der Waals surface area contributed by atoms with Crippen molar-refractivity contribution in [2.24, 2.45) is 0 Å². The van der Waals surface area contributed by atoms with Gasteiger partial charge in [0.2, 0.25) is 0 Å². The van der Waals surface area contributed by atoms with Crippen LogP contribution in [0.2, 0.25) is 0 Å². The molecule has 1 fully saturated rings. The second-order valence-corrected chi connectivity index (χ2v) is 6.51. The summed E-state index contributed by atoms with van der Waals surface area (Å²) in [4.78, 5) is 20.9. The molecule has 1 aromatic heterocycles. The molecule has 0 bridgehead atoms. The van der Waals surface area contributed by atoms with Gasteiger partial charge in [-0.2, -0.15) is 0 Å². The van der Waals surface area contributed by atoms with Gasteiger partial charge in [-0.1, -0.05) is 30.3 Å². The van der Waals surface area contributed by atoms with Crippen molar-refractivity contribution in [2.45, 2.75) is 13.0 Å². The van der Waals surface area contributed by atoms with Crippen molar-refractivity contribution in [1.82, 2.24) is 14.8 Å². The molecule has 0 spiro atoms. The number of hydrogen-bond acceptors (Lipinski definition) is 5. The van der Waals surface area contributed by atoms with Crippen molar-refractivity contribution in [3.05, 3.63) is 52.5 Å². The first-order chi connectivity index (χ1) is 10.8. The number of rotatable bonds is 6. The highest BCUT2D eigenvalue weighted by molar-refractivity contribution is 7.11. The SMILES string of the molecule is O=C(CCN1CCN(Cc2ccccc2)CC1)c1nccs1. The number of nitrogens with zero attached hydrogens (tertiary/aromatic N) is 3. The third-order valence-electron chi connectivity index (χ3n) is 4.04. The minimum absolute atomic E-state index is 0.168. The van der Waals surface area contributed by atoms with Crippen LogP contribution in [0.1, 0.15) is 21.8 Å². The van der Waals surface area contributed by atoms with Crippen LogP contribution in [0.3, 0.4) is 0 Å². The molecule has 1 aliphatic rings. The molecule has 0 radical (unpaired) electrons. The summed E-state index contributed by atoms with van der Waals surface area (Å²) in [6.07, 6.45) is 2.27. The summed E-state index contributed by atoms with van der Waals surface area (Å²) in [7, 11) is 0. The molecule has 0 saturated carbocycles. The molecule has 22 heavy (non-hydrogen) atoms. The number of piperazine rings is 1. The van der Waals surface area contributed by atoms with E-state index in [1.807, 2.05) is 5.38 Å². The van der Waals surface area contributed by atoms with Crippen LogP contribution in [-0.4, -0.2) is 53.3 Å². The Morgan fingerprint density at radius 1 is 1.09 bits per heavy atom. The fourth-order valence-corrected chi connectivity index (χ4v) is 3.35. The molecular weight excluding hydrogens is 294 g/mol. The van der Waals surface area contributed by atoms with Crippen LogP contribution in [0.25, 0.3) is 0 Å². The number of hydrogen-bond donors (Lipinski definition) is 0. The third-order valence-corrected chi connectivity index (χ3v) is 4.85. The van der Waals surface area contributed by atoms with Gasteiger partial charge in [-0.05, 0) is 5.56 Å². The third kappa shape index (κ3) is 4.22. The summed E-state index contributed by atoms with van der Waals surface area (Å²) < 4.78 is 0. The summed E-state index contributed by atoms with van der Waals surface area (Å²) in [6.45, 7) is 6.08.